The first-order chi connectivity index (χ1) is 16.4. The summed E-state index contributed by atoms with van der Waals surface area (Å²) in [7, 11) is 3.34. The number of aromatic nitrogens is 2. The molecule has 0 saturated carbocycles. The number of nitrogens with zero attached hydrogens (tertiary/aromatic N) is 4. The second kappa shape index (κ2) is 9.78. The number of anilines is 1. The molecule has 3 amide bonds. The number of hydrogen-bond acceptors (Lipinski definition) is 5. The minimum atomic E-state index is -0.302. The number of ether oxygens (including phenoxy) is 1. The van der Waals surface area contributed by atoms with Crippen molar-refractivity contribution in [1.82, 2.24) is 19.6 Å². The lowest BCUT2D eigenvalue weighted by molar-refractivity contribution is -0.131. The molecule has 1 saturated heterocycles. The van der Waals surface area contributed by atoms with Crippen LogP contribution in [-0.4, -0.2) is 64.0 Å². The zero-order valence-corrected chi connectivity index (χ0v) is 19.4. The van der Waals surface area contributed by atoms with Gasteiger partial charge in [-0.05, 0) is 35.9 Å². The lowest BCUT2D eigenvalue weighted by Gasteiger charge is -2.41. The Balaban J connectivity index is 1.57. The predicted molar refractivity (Wildman–Crippen MR) is 127 cm³/mol. The highest BCUT2D eigenvalue weighted by molar-refractivity contribution is 6.04. The number of methoxy groups -OCH3 is 1. The molecule has 9 nitrogen and oxygen atoms in total. The first kappa shape index (κ1) is 23.0. The van der Waals surface area contributed by atoms with Gasteiger partial charge in [0.25, 0.3) is 11.8 Å². The second-order valence-corrected chi connectivity index (χ2v) is 8.19. The molecule has 1 fully saturated rings. The molecule has 2 aromatic carbocycles. The number of nitrogens with one attached hydrogen (secondary N) is 1. The van der Waals surface area contributed by atoms with Crippen LogP contribution in [0.1, 0.15) is 39.2 Å². The lowest BCUT2D eigenvalue weighted by Crippen LogP contribution is -2.51. The van der Waals surface area contributed by atoms with Crippen LogP contribution < -0.4 is 10.1 Å². The Labute approximate surface area is 197 Å². The predicted octanol–water partition coefficient (Wildman–Crippen LogP) is 2.73. The van der Waals surface area contributed by atoms with Gasteiger partial charge < -0.3 is 19.9 Å². The van der Waals surface area contributed by atoms with E-state index in [1.165, 1.54) is 13.1 Å². The van der Waals surface area contributed by atoms with E-state index in [9.17, 15) is 14.4 Å². The highest BCUT2D eigenvalue weighted by Gasteiger charge is 2.33. The number of carbonyl (C=O) groups is 3. The normalized spacial score (nSPS) is 15.7. The van der Waals surface area contributed by atoms with E-state index >= 15 is 0 Å². The van der Waals surface area contributed by atoms with E-state index in [1.807, 2.05) is 24.3 Å². The van der Waals surface area contributed by atoms with Crippen molar-refractivity contribution in [3.63, 3.8) is 0 Å². The monoisotopic (exact) mass is 461 g/mol. The molecule has 176 valence electrons. The third-order valence-corrected chi connectivity index (χ3v) is 5.92. The number of amides is 3. The Bertz CT molecular complexity index is 1200. The van der Waals surface area contributed by atoms with Gasteiger partial charge in [-0.3, -0.25) is 19.1 Å². The van der Waals surface area contributed by atoms with Crippen molar-refractivity contribution in [2.45, 2.75) is 13.0 Å². The molecule has 4 rings (SSSR count). The molecule has 0 radical (unpaired) electrons. The van der Waals surface area contributed by atoms with Gasteiger partial charge in [-0.1, -0.05) is 18.2 Å². The maximum Gasteiger partial charge on any atom is 0.258 e. The molecule has 9 heteroatoms. The van der Waals surface area contributed by atoms with Gasteiger partial charge in [0.15, 0.2) is 0 Å². The number of piperazine rings is 1. The maximum atomic E-state index is 13.6. The minimum Gasteiger partial charge on any atom is -0.497 e. The number of rotatable bonds is 5. The van der Waals surface area contributed by atoms with Crippen LogP contribution in [-0.2, 0) is 11.8 Å². The van der Waals surface area contributed by atoms with Crippen molar-refractivity contribution in [1.29, 1.82) is 0 Å². The van der Waals surface area contributed by atoms with Crippen LogP contribution in [0.4, 0.5) is 5.69 Å². The van der Waals surface area contributed by atoms with Crippen molar-refractivity contribution in [2.75, 3.05) is 32.1 Å². The van der Waals surface area contributed by atoms with E-state index in [0.717, 1.165) is 11.3 Å². The van der Waals surface area contributed by atoms with Gasteiger partial charge in [-0.15, -0.1) is 0 Å². The first-order valence-corrected chi connectivity index (χ1v) is 11.0. The number of benzene rings is 2. The zero-order chi connectivity index (χ0) is 24.2. The fourth-order valence-electron chi connectivity index (χ4n) is 4.06. The molecule has 34 heavy (non-hydrogen) atoms. The Kier molecular flexibility index (Phi) is 6.62. The fraction of sp³-hybridized carbons (Fsp3) is 0.280. The molecular formula is C25H27N5O4. The molecule has 1 atom stereocenters. The molecule has 1 N–H and O–H groups in total. The molecule has 1 aliphatic rings. The topological polar surface area (TPSA) is 96.8 Å². The Morgan fingerprint density at radius 3 is 2.47 bits per heavy atom. The molecule has 0 bridgehead atoms. The summed E-state index contributed by atoms with van der Waals surface area (Å²) in [6.07, 6.45) is 3.11. The standard InChI is InChI=1S/C25H27N5O4/c1-17(31)29-11-12-30(23(16-29)18-7-9-22(34-3)10-8-18)25(33)19-5-4-6-21(13-19)27-24(32)20-14-26-28(2)15-20/h4-10,13-15,23H,11-12,16H2,1-3H3,(H,27,32). The van der Waals surface area contributed by atoms with Gasteiger partial charge in [0.1, 0.15) is 5.75 Å². The van der Waals surface area contributed by atoms with E-state index in [1.54, 1.807) is 59.1 Å². The summed E-state index contributed by atoms with van der Waals surface area (Å²) in [5.74, 6) is 0.231. The van der Waals surface area contributed by atoms with E-state index in [4.69, 9.17) is 4.74 Å². The van der Waals surface area contributed by atoms with Crippen molar-refractivity contribution >= 4 is 23.4 Å². The maximum absolute atomic E-state index is 13.6. The molecular weight excluding hydrogens is 434 g/mol. The first-order valence-electron chi connectivity index (χ1n) is 11.0. The summed E-state index contributed by atoms with van der Waals surface area (Å²) in [6.45, 7) is 2.81. The molecule has 0 spiro atoms. The Morgan fingerprint density at radius 2 is 1.82 bits per heavy atom. The second-order valence-electron chi connectivity index (χ2n) is 8.19. The van der Waals surface area contributed by atoms with Crippen molar-refractivity contribution in [3.05, 3.63) is 77.6 Å². The van der Waals surface area contributed by atoms with Gasteiger partial charge in [0.05, 0.1) is 24.9 Å². The van der Waals surface area contributed by atoms with Gasteiger partial charge in [0.2, 0.25) is 5.91 Å². The molecule has 1 unspecified atom stereocenters. The summed E-state index contributed by atoms with van der Waals surface area (Å²) in [4.78, 5) is 41.6. The van der Waals surface area contributed by atoms with Crippen molar-refractivity contribution < 1.29 is 19.1 Å². The highest BCUT2D eigenvalue weighted by Crippen LogP contribution is 2.29. The van der Waals surface area contributed by atoms with Crippen LogP contribution in [0.5, 0.6) is 5.75 Å². The summed E-state index contributed by atoms with van der Waals surface area (Å²) < 4.78 is 6.80. The van der Waals surface area contributed by atoms with Crippen LogP contribution in [0, 0.1) is 0 Å². The van der Waals surface area contributed by atoms with Gasteiger partial charge in [0, 0.05) is 51.1 Å². The van der Waals surface area contributed by atoms with Gasteiger partial charge >= 0.3 is 0 Å². The average molecular weight is 462 g/mol. The number of carbonyl (C=O) groups excluding carboxylic acids is 3. The molecule has 1 aliphatic heterocycles. The van der Waals surface area contributed by atoms with Crippen molar-refractivity contribution in [2.24, 2.45) is 7.05 Å². The Hall–Kier alpha value is -4.14. The smallest absolute Gasteiger partial charge is 0.258 e. The minimum absolute atomic E-state index is 0.0225. The third kappa shape index (κ3) is 4.93. The third-order valence-electron chi connectivity index (χ3n) is 5.92. The average Bonchev–Trinajstić information content (AvgIpc) is 3.30. The van der Waals surface area contributed by atoms with Crippen LogP contribution in [0.2, 0.25) is 0 Å². The quantitative estimate of drug-likeness (QED) is 0.630. The Morgan fingerprint density at radius 1 is 1.06 bits per heavy atom. The molecule has 0 aliphatic carbocycles. The highest BCUT2D eigenvalue weighted by atomic mass is 16.5. The molecule has 1 aromatic heterocycles. The lowest BCUT2D eigenvalue weighted by atomic mass is 10.0. The van der Waals surface area contributed by atoms with Crippen LogP contribution in [0.15, 0.2) is 60.9 Å². The van der Waals surface area contributed by atoms with E-state index < -0.39 is 0 Å². The van der Waals surface area contributed by atoms with Gasteiger partial charge in [-0.25, -0.2) is 0 Å². The molecule has 3 aromatic rings. The summed E-state index contributed by atoms with van der Waals surface area (Å²) in [5.41, 5.74) is 2.32. The largest absolute Gasteiger partial charge is 0.497 e. The van der Waals surface area contributed by atoms with Crippen molar-refractivity contribution in [3.8, 4) is 5.75 Å². The van der Waals surface area contributed by atoms with Crippen LogP contribution >= 0.6 is 0 Å². The molecule has 2 heterocycles. The van der Waals surface area contributed by atoms with Gasteiger partial charge in [-0.2, -0.15) is 5.10 Å². The number of aryl methyl sites for hydroxylation is 1. The SMILES string of the molecule is COc1ccc(C2CN(C(C)=O)CCN2C(=O)c2cccc(NC(=O)c3cnn(C)c3)c2)cc1. The van der Waals surface area contributed by atoms with E-state index in [-0.39, 0.29) is 23.8 Å². The summed E-state index contributed by atoms with van der Waals surface area (Å²) in [6, 6.07) is 14.1. The summed E-state index contributed by atoms with van der Waals surface area (Å²) in [5, 5.41) is 6.83. The number of hydrogen-bond donors (Lipinski definition) is 1. The summed E-state index contributed by atoms with van der Waals surface area (Å²) >= 11 is 0. The van der Waals surface area contributed by atoms with E-state index in [2.05, 4.69) is 10.4 Å². The van der Waals surface area contributed by atoms with Crippen LogP contribution in [0.25, 0.3) is 0 Å². The zero-order valence-electron chi connectivity index (χ0n) is 19.4. The van der Waals surface area contributed by atoms with Crippen LogP contribution in [0.3, 0.4) is 0 Å². The van der Waals surface area contributed by atoms with E-state index in [0.29, 0.717) is 36.4 Å². The fourth-order valence-corrected chi connectivity index (χ4v) is 4.06.